The van der Waals surface area contributed by atoms with Gasteiger partial charge >= 0.3 is 0 Å². The molecule has 5 heteroatoms. The van der Waals surface area contributed by atoms with E-state index in [1.807, 2.05) is 0 Å². The van der Waals surface area contributed by atoms with Crippen LogP contribution in [0.3, 0.4) is 0 Å². The van der Waals surface area contributed by atoms with Crippen molar-refractivity contribution in [3.8, 4) is 0 Å². The molecule has 0 amide bonds. The molecule has 1 aromatic rings. The molecule has 2 saturated heterocycles. The van der Waals surface area contributed by atoms with Gasteiger partial charge in [-0.05, 0) is 31.9 Å². The summed E-state index contributed by atoms with van der Waals surface area (Å²) < 4.78 is 0. The largest absolute Gasteiger partial charge is 0.364 e. The van der Waals surface area contributed by atoms with Crippen molar-refractivity contribution in [3.63, 3.8) is 0 Å². The second kappa shape index (κ2) is 4.63. The lowest BCUT2D eigenvalue weighted by molar-refractivity contribution is 0.318. The molecule has 92 valence electrons. The fourth-order valence-corrected chi connectivity index (χ4v) is 3.38. The van der Waals surface area contributed by atoms with Gasteiger partial charge in [-0.1, -0.05) is 23.2 Å². The van der Waals surface area contributed by atoms with Gasteiger partial charge in [-0.25, -0.2) is 4.98 Å². The maximum atomic E-state index is 6.13. The summed E-state index contributed by atoms with van der Waals surface area (Å²) in [5.41, 5.74) is 0. The zero-order chi connectivity index (χ0) is 11.8. The van der Waals surface area contributed by atoms with Crippen molar-refractivity contribution < 1.29 is 0 Å². The van der Waals surface area contributed by atoms with E-state index in [-0.39, 0.29) is 0 Å². The van der Waals surface area contributed by atoms with Crippen LogP contribution in [0.1, 0.15) is 19.3 Å². The molecule has 2 aliphatic rings. The van der Waals surface area contributed by atoms with Gasteiger partial charge in [0, 0.05) is 24.8 Å². The topological polar surface area (TPSA) is 28.2 Å². The molecule has 0 saturated carbocycles. The Morgan fingerprint density at radius 2 is 2.18 bits per heavy atom. The molecule has 1 N–H and O–H groups in total. The molecular formula is C12H15Cl2N3. The molecule has 2 unspecified atom stereocenters. The van der Waals surface area contributed by atoms with Crippen LogP contribution in [0.5, 0.6) is 0 Å². The predicted molar refractivity (Wildman–Crippen MR) is 70.9 cm³/mol. The number of hydrogen-bond acceptors (Lipinski definition) is 3. The molecule has 17 heavy (non-hydrogen) atoms. The van der Waals surface area contributed by atoms with E-state index in [0.29, 0.717) is 22.1 Å². The summed E-state index contributed by atoms with van der Waals surface area (Å²) in [7, 11) is 0. The van der Waals surface area contributed by atoms with Gasteiger partial charge in [-0.3, -0.25) is 4.90 Å². The highest BCUT2D eigenvalue weighted by atomic mass is 35.5. The Morgan fingerprint density at radius 1 is 1.29 bits per heavy atom. The summed E-state index contributed by atoms with van der Waals surface area (Å²) >= 11 is 12.0. The minimum absolute atomic E-state index is 0.476. The van der Waals surface area contributed by atoms with E-state index in [0.717, 1.165) is 5.82 Å². The highest BCUT2D eigenvalue weighted by Gasteiger charge is 2.37. The fourth-order valence-electron chi connectivity index (χ4n) is 2.95. The second-order valence-electron chi connectivity index (χ2n) is 4.77. The van der Waals surface area contributed by atoms with Crippen LogP contribution in [-0.2, 0) is 0 Å². The molecule has 2 aliphatic heterocycles. The quantitative estimate of drug-likeness (QED) is 0.897. The Labute approximate surface area is 111 Å². The van der Waals surface area contributed by atoms with Crippen molar-refractivity contribution in [2.75, 3.05) is 18.4 Å². The Hall–Kier alpha value is -0.510. The molecular weight excluding hydrogens is 257 g/mol. The average Bonchev–Trinajstić information content (AvgIpc) is 2.86. The zero-order valence-corrected chi connectivity index (χ0v) is 11.0. The van der Waals surface area contributed by atoms with Crippen LogP contribution in [0.15, 0.2) is 12.3 Å². The van der Waals surface area contributed by atoms with Crippen molar-refractivity contribution in [2.45, 2.75) is 31.3 Å². The van der Waals surface area contributed by atoms with Crippen molar-refractivity contribution >= 4 is 29.0 Å². The summed E-state index contributed by atoms with van der Waals surface area (Å²) in [6.45, 7) is 2.43. The fraction of sp³-hybridized carbons (Fsp3) is 0.583. The van der Waals surface area contributed by atoms with Crippen molar-refractivity contribution in [3.05, 3.63) is 22.3 Å². The Bertz CT molecular complexity index is 424. The number of rotatable bonds is 2. The highest BCUT2D eigenvalue weighted by Crippen LogP contribution is 2.31. The van der Waals surface area contributed by atoms with Gasteiger partial charge < -0.3 is 5.32 Å². The molecule has 2 atom stereocenters. The number of aromatic nitrogens is 1. The number of pyridine rings is 1. The number of nitrogens with one attached hydrogen (secondary N) is 1. The van der Waals surface area contributed by atoms with Crippen LogP contribution < -0.4 is 5.32 Å². The average molecular weight is 272 g/mol. The molecule has 0 radical (unpaired) electrons. The Balaban J connectivity index is 1.74. The van der Waals surface area contributed by atoms with Gasteiger partial charge in [0.25, 0.3) is 0 Å². The Morgan fingerprint density at radius 3 is 3.00 bits per heavy atom. The first-order valence-corrected chi connectivity index (χ1v) is 6.81. The highest BCUT2D eigenvalue weighted by molar-refractivity contribution is 6.35. The van der Waals surface area contributed by atoms with Gasteiger partial charge in [0.15, 0.2) is 0 Å². The third-order valence-corrected chi connectivity index (χ3v) is 4.23. The molecule has 3 heterocycles. The minimum Gasteiger partial charge on any atom is -0.364 e. The normalized spacial score (nSPS) is 28.4. The number of halogens is 2. The van der Waals surface area contributed by atoms with Crippen LogP contribution in [0.2, 0.25) is 10.0 Å². The summed E-state index contributed by atoms with van der Waals surface area (Å²) in [5, 5.41) is 4.65. The van der Waals surface area contributed by atoms with E-state index in [9.17, 15) is 0 Å². The molecule has 0 aliphatic carbocycles. The van der Waals surface area contributed by atoms with Crippen molar-refractivity contribution in [1.29, 1.82) is 0 Å². The van der Waals surface area contributed by atoms with E-state index < -0.39 is 0 Å². The maximum absolute atomic E-state index is 6.13. The van der Waals surface area contributed by atoms with E-state index in [4.69, 9.17) is 23.2 Å². The number of fused-ring (bicyclic) bond motifs is 1. The maximum Gasteiger partial charge on any atom is 0.145 e. The third kappa shape index (κ3) is 2.24. The van der Waals surface area contributed by atoms with Gasteiger partial charge in [0.2, 0.25) is 0 Å². The minimum atomic E-state index is 0.476. The summed E-state index contributed by atoms with van der Waals surface area (Å²) in [5.74, 6) is 0.759. The molecule has 2 fully saturated rings. The summed E-state index contributed by atoms with van der Waals surface area (Å²) in [6.07, 6.45) is 5.40. The van der Waals surface area contributed by atoms with Crippen LogP contribution in [0, 0.1) is 0 Å². The first-order chi connectivity index (χ1) is 8.24. The molecule has 0 bridgehead atoms. The van der Waals surface area contributed by atoms with Crippen molar-refractivity contribution in [2.24, 2.45) is 0 Å². The zero-order valence-electron chi connectivity index (χ0n) is 9.50. The van der Waals surface area contributed by atoms with Gasteiger partial charge in [0.1, 0.15) is 5.82 Å². The standard InChI is InChI=1S/C12H15Cl2N3/c13-8-6-9(14)12(15-7-8)16-10-3-5-17-4-1-2-11(10)17/h6-7,10-11H,1-5H2,(H,15,16). The first kappa shape index (κ1) is 11.6. The van der Waals surface area contributed by atoms with E-state index in [1.54, 1.807) is 12.3 Å². The monoisotopic (exact) mass is 271 g/mol. The molecule has 3 rings (SSSR count). The molecule has 1 aromatic heterocycles. The van der Waals surface area contributed by atoms with Crippen LogP contribution in [0.25, 0.3) is 0 Å². The van der Waals surface area contributed by atoms with Crippen LogP contribution >= 0.6 is 23.2 Å². The number of nitrogens with zero attached hydrogens (tertiary/aromatic N) is 2. The lowest BCUT2D eigenvalue weighted by atomic mass is 10.1. The number of hydrogen-bond donors (Lipinski definition) is 1. The molecule has 0 spiro atoms. The smallest absolute Gasteiger partial charge is 0.145 e. The number of anilines is 1. The summed E-state index contributed by atoms with van der Waals surface area (Å²) in [4.78, 5) is 6.82. The lowest BCUT2D eigenvalue weighted by Crippen LogP contribution is -2.34. The van der Waals surface area contributed by atoms with Gasteiger partial charge in [-0.2, -0.15) is 0 Å². The molecule has 3 nitrogen and oxygen atoms in total. The van der Waals surface area contributed by atoms with Gasteiger partial charge in [-0.15, -0.1) is 0 Å². The van der Waals surface area contributed by atoms with Gasteiger partial charge in [0.05, 0.1) is 10.0 Å². The lowest BCUT2D eigenvalue weighted by Gasteiger charge is -2.22. The Kier molecular flexibility index (Phi) is 3.16. The van der Waals surface area contributed by atoms with E-state index in [2.05, 4.69) is 15.2 Å². The van der Waals surface area contributed by atoms with Crippen molar-refractivity contribution in [1.82, 2.24) is 9.88 Å². The SMILES string of the molecule is Clc1cnc(NC2CCN3CCCC23)c(Cl)c1. The van der Waals surface area contributed by atoms with E-state index in [1.165, 1.54) is 32.4 Å². The molecule has 0 aromatic carbocycles. The van der Waals surface area contributed by atoms with Crippen LogP contribution in [-0.4, -0.2) is 35.1 Å². The van der Waals surface area contributed by atoms with Crippen LogP contribution in [0.4, 0.5) is 5.82 Å². The second-order valence-corrected chi connectivity index (χ2v) is 5.61. The predicted octanol–water partition coefficient (Wildman–Crippen LogP) is 3.04. The van der Waals surface area contributed by atoms with E-state index >= 15 is 0 Å². The third-order valence-electron chi connectivity index (χ3n) is 3.74. The summed E-state index contributed by atoms with van der Waals surface area (Å²) in [6, 6.07) is 2.87. The first-order valence-electron chi connectivity index (χ1n) is 6.05.